The van der Waals surface area contributed by atoms with Crippen molar-refractivity contribution in [2.45, 2.75) is 89.1 Å². The first-order chi connectivity index (χ1) is 15.5. The third-order valence-corrected chi connectivity index (χ3v) is 7.94. The highest BCUT2D eigenvalue weighted by Gasteiger charge is 2.61. The van der Waals surface area contributed by atoms with Crippen molar-refractivity contribution in [1.82, 2.24) is 0 Å². The predicted octanol–water partition coefficient (Wildman–Crippen LogP) is -0.343. The highest BCUT2D eigenvalue weighted by Crippen LogP contribution is 2.54. The van der Waals surface area contributed by atoms with E-state index in [9.17, 15) is 30.0 Å². The Morgan fingerprint density at radius 3 is 2.58 bits per heavy atom. The molecule has 0 spiro atoms. The smallest absolute Gasteiger partial charge is 0.309 e. The molecule has 4 rings (SSSR count). The quantitative estimate of drug-likeness (QED) is 0.317. The number of rotatable bonds is 4. The van der Waals surface area contributed by atoms with Crippen molar-refractivity contribution in [2.24, 2.45) is 23.7 Å². The number of esters is 2. The molecule has 0 bridgehead atoms. The molecule has 1 unspecified atom stereocenters. The Bertz CT molecular complexity index is 811. The molecule has 186 valence electrons. The van der Waals surface area contributed by atoms with Crippen LogP contribution in [0.5, 0.6) is 0 Å². The van der Waals surface area contributed by atoms with Crippen LogP contribution in [0.2, 0.25) is 0 Å². The van der Waals surface area contributed by atoms with Gasteiger partial charge in [-0.25, -0.2) is 0 Å². The Hall–Kier alpha value is -1.56. The molecule has 12 atom stereocenters. The summed E-state index contributed by atoms with van der Waals surface area (Å²) in [6, 6.07) is 0. The van der Waals surface area contributed by atoms with Gasteiger partial charge in [-0.15, -0.1) is 0 Å². The van der Waals surface area contributed by atoms with Gasteiger partial charge >= 0.3 is 11.9 Å². The molecule has 2 saturated heterocycles. The fourth-order valence-electron chi connectivity index (χ4n) is 6.26. The second-order valence-electron chi connectivity index (χ2n) is 10.1. The minimum atomic E-state index is -1.59. The fraction of sp³-hybridized carbons (Fsp3) is 0.826. The fourth-order valence-corrected chi connectivity index (χ4v) is 6.26. The summed E-state index contributed by atoms with van der Waals surface area (Å²) in [4.78, 5) is 24.7. The molecule has 0 aromatic carbocycles. The Kier molecular flexibility index (Phi) is 6.63. The van der Waals surface area contributed by atoms with Gasteiger partial charge in [-0.1, -0.05) is 18.6 Å². The van der Waals surface area contributed by atoms with E-state index in [4.69, 9.17) is 18.9 Å². The van der Waals surface area contributed by atoms with Crippen LogP contribution < -0.4 is 0 Å². The summed E-state index contributed by atoms with van der Waals surface area (Å²) < 4.78 is 23.4. The molecule has 0 amide bonds. The van der Waals surface area contributed by atoms with E-state index in [0.717, 1.165) is 5.57 Å². The maximum atomic E-state index is 12.6. The molecule has 3 fully saturated rings. The highest BCUT2D eigenvalue weighted by atomic mass is 16.7. The number of aliphatic hydroxyl groups excluding tert-OH is 4. The molecule has 33 heavy (non-hydrogen) atoms. The number of ether oxygens (including phenoxy) is 4. The zero-order chi connectivity index (χ0) is 24.2. The van der Waals surface area contributed by atoms with E-state index < -0.39 is 72.9 Å². The Morgan fingerprint density at radius 2 is 1.94 bits per heavy atom. The Labute approximate surface area is 192 Å². The summed E-state index contributed by atoms with van der Waals surface area (Å²) >= 11 is 0. The van der Waals surface area contributed by atoms with E-state index in [1.165, 1.54) is 6.92 Å². The molecule has 0 aromatic heterocycles. The SMILES string of the molecule is CC(=O)O[C@]1(C)C[C@H](O[C@@H]2O[C@H](CO)[C@@H](O)[C@H](O)[C@H]2O)[C@@H]2[C@H](OC(=O)[C@H]2C)[C@H]2C(C)=CCC21. The number of carbonyl (C=O) groups excluding carboxylic acids is 2. The van der Waals surface area contributed by atoms with Crippen molar-refractivity contribution in [3.63, 3.8) is 0 Å². The van der Waals surface area contributed by atoms with Gasteiger partial charge in [-0.05, 0) is 20.3 Å². The van der Waals surface area contributed by atoms with Gasteiger partial charge in [0.25, 0.3) is 0 Å². The lowest BCUT2D eigenvalue weighted by atomic mass is 9.76. The van der Waals surface area contributed by atoms with Crippen LogP contribution in [0.25, 0.3) is 0 Å². The molecule has 0 aromatic rings. The van der Waals surface area contributed by atoms with Crippen LogP contribution in [-0.2, 0) is 28.5 Å². The molecule has 4 aliphatic rings. The summed E-state index contributed by atoms with van der Waals surface area (Å²) in [5.41, 5.74) is 0.115. The first-order valence-electron chi connectivity index (χ1n) is 11.5. The third-order valence-electron chi connectivity index (χ3n) is 7.94. The van der Waals surface area contributed by atoms with Crippen molar-refractivity contribution in [2.75, 3.05) is 6.61 Å². The molecule has 2 heterocycles. The zero-order valence-corrected chi connectivity index (χ0v) is 19.3. The Balaban J connectivity index is 1.70. The normalized spacial score (nSPS) is 49.5. The van der Waals surface area contributed by atoms with E-state index in [1.54, 1.807) is 6.92 Å². The predicted molar refractivity (Wildman–Crippen MR) is 111 cm³/mol. The van der Waals surface area contributed by atoms with Gasteiger partial charge in [0.1, 0.15) is 36.1 Å². The van der Waals surface area contributed by atoms with Crippen LogP contribution in [0, 0.1) is 23.7 Å². The molecular weight excluding hydrogens is 436 g/mol. The van der Waals surface area contributed by atoms with Crippen LogP contribution in [0.4, 0.5) is 0 Å². The minimum Gasteiger partial charge on any atom is -0.461 e. The first-order valence-corrected chi connectivity index (χ1v) is 11.5. The van der Waals surface area contributed by atoms with Gasteiger partial charge in [0.2, 0.25) is 0 Å². The lowest BCUT2D eigenvalue weighted by molar-refractivity contribution is -0.318. The van der Waals surface area contributed by atoms with Crippen molar-refractivity contribution in [1.29, 1.82) is 0 Å². The molecule has 2 aliphatic heterocycles. The topological polar surface area (TPSA) is 152 Å². The van der Waals surface area contributed by atoms with Gasteiger partial charge in [-0.3, -0.25) is 9.59 Å². The highest BCUT2D eigenvalue weighted by molar-refractivity contribution is 5.75. The number of hydrogen-bond donors (Lipinski definition) is 4. The number of aliphatic hydroxyl groups is 4. The summed E-state index contributed by atoms with van der Waals surface area (Å²) in [5, 5.41) is 40.3. The van der Waals surface area contributed by atoms with Crippen LogP contribution in [0.1, 0.15) is 40.5 Å². The summed E-state index contributed by atoms with van der Waals surface area (Å²) in [7, 11) is 0. The maximum Gasteiger partial charge on any atom is 0.309 e. The van der Waals surface area contributed by atoms with Gasteiger partial charge < -0.3 is 39.4 Å². The first kappa shape index (κ1) is 24.6. The van der Waals surface area contributed by atoms with Crippen LogP contribution in [-0.4, -0.2) is 87.5 Å². The van der Waals surface area contributed by atoms with E-state index in [1.807, 2.05) is 13.8 Å². The van der Waals surface area contributed by atoms with Crippen molar-refractivity contribution in [3.05, 3.63) is 11.6 Å². The molecule has 4 N–H and O–H groups in total. The second kappa shape index (κ2) is 8.90. The second-order valence-corrected chi connectivity index (χ2v) is 10.1. The van der Waals surface area contributed by atoms with E-state index in [2.05, 4.69) is 6.08 Å². The number of hydrogen-bond acceptors (Lipinski definition) is 10. The monoisotopic (exact) mass is 470 g/mol. The number of fused-ring (bicyclic) bond motifs is 3. The molecule has 0 radical (unpaired) electrons. The lowest BCUT2D eigenvalue weighted by Crippen LogP contribution is -2.60. The van der Waals surface area contributed by atoms with Crippen LogP contribution in [0.15, 0.2) is 11.6 Å². The number of allylic oxidation sites excluding steroid dienone is 1. The third kappa shape index (κ3) is 4.11. The maximum absolute atomic E-state index is 12.6. The van der Waals surface area contributed by atoms with Gasteiger partial charge in [-0.2, -0.15) is 0 Å². The van der Waals surface area contributed by atoms with Crippen LogP contribution >= 0.6 is 0 Å². The van der Waals surface area contributed by atoms with Crippen molar-refractivity contribution >= 4 is 11.9 Å². The van der Waals surface area contributed by atoms with Crippen molar-refractivity contribution in [3.8, 4) is 0 Å². The molecule has 2 aliphatic carbocycles. The van der Waals surface area contributed by atoms with Crippen LogP contribution in [0.3, 0.4) is 0 Å². The zero-order valence-electron chi connectivity index (χ0n) is 19.3. The van der Waals surface area contributed by atoms with Gasteiger partial charge in [0.15, 0.2) is 6.29 Å². The largest absolute Gasteiger partial charge is 0.461 e. The van der Waals surface area contributed by atoms with Crippen molar-refractivity contribution < 1.29 is 49.0 Å². The lowest BCUT2D eigenvalue weighted by Gasteiger charge is -2.43. The summed E-state index contributed by atoms with van der Waals surface area (Å²) in [6.07, 6.45) is -5.48. The average Bonchev–Trinajstić information content (AvgIpc) is 3.24. The van der Waals surface area contributed by atoms with Gasteiger partial charge in [0, 0.05) is 31.1 Å². The summed E-state index contributed by atoms with van der Waals surface area (Å²) in [5.74, 6) is -2.01. The summed E-state index contributed by atoms with van der Waals surface area (Å²) in [6.45, 7) is 6.34. The minimum absolute atomic E-state index is 0.129. The number of carbonyl (C=O) groups is 2. The van der Waals surface area contributed by atoms with E-state index >= 15 is 0 Å². The van der Waals surface area contributed by atoms with E-state index in [0.29, 0.717) is 6.42 Å². The van der Waals surface area contributed by atoms with E-state index in [-0.39, 0.29) is 24.2 Å². The molecule has 10 nitrogen and oxygen atoms in total. The standard InChI is InChI=1S/C23H34O10/c1-9-5-6-12-15(9)20-16(10(2)21(29)32-20)13(7-23(12,4)33-11(3)25)30-22-19(28)18(27)17(26)14(8-24)31-22/h5,10,12-20,22,24,26-28H,6-8H2,1-4H3/t10-,12?,13-,14+,15-,16+,17+,18-,19+,20+,22+,23+/m0/s1. The Morgan fingerprint density at radius 1 is 1.24 bits per heavy atom. The molecular formula is C23H34O10. The molecule has 10 heteroatoms. The van der Waals surface area contributed by atoms with Gasteiger partial charge in [0.05, 0.1) is 18.6 Å². The average molecular weight is 471 g/mol. The molecule has 1 saturated carbocycles.